The first-order valence-electron chi connectivity index (χ1n) is 5.07. The van der Waals surface area contributed by atoms with Gasteiger partial charge in [-0.15, -0.1) is 0 Å². The Hall–Kier alpha value is -2.27. The quantitative estimate of drug-likeness (QED) is 0.725. The Labute approximate surface area is 108 Å². The number of nitrogens with one attached hydrogen (secondary N) is 1. The zero-order chi connectivity index (χ0) is 13.1. The van der Waals surface area contributed by atoms with Crippen LogP contribution in [0.3, 0.4) is 0 Å². The first-order chi connectivity index (χ1) is 8.56. The standard InChI is InChI=1S/C12H10ClN3O2/c13-9-5-8(2-4-11(9)17)16-12(18)10-3-1-7(14)6-15-10/h1-6,17H,14H2,(H,16,18). The van der Waals surface area contributed by atoms with E-state index in [-0.39, 0.29) is 22.4 Å². The molecule has 92 valence electrons. The summed E-state index contributed by atoms with van der Waals surface area (Å²) in [4.78, 5) is 15.7. The van der Waals surface area contributed by atoms with Crippen LogP contribution in [0.5, 0.6) is 5.75 Å². The van der Waals surface area contributed by atoms with Crippen LogP contribution in [0.15, 0.2) is 36.5 Å². The topological polar surface area (TPSA) is 88.2 Å². The van der Waals surface area contributed by atoms with Crippen molar-refractivity contribution < 1.29 is 9.90 Å². The van der Waals surface area contributed by atoms with Crippen molar-refractivity contribution in [3.05, 3.63) is 47.2 Å². The number of nitrogen functional groups attached to an aromatic ring is 1. The predicted molar refractivity (Wildman–Crippen MR) is 69.7 cm³/mol. The number of nitrogens with zero attached hydrogens (tertiary/aromatic N) is 1. The van der Waals surface area contributed by atoms with Crippen molar-refractivity contribution in [1.29, 1.82) is 0 Å². The molecule has 0 fully saturated rings. The SMILES string of the molecule is Nc1ccc(C(=O)Nc2ccc(O)c(Cl)c2)nc1. The second kappa shape index (κ2) is 4.93. The van der Waals surface area contributed by atoms with Crippen LogP contribution in [0.4, 0.5) is 11.4 Å². The van der Waals surface area contributed by atoms with Gasteiger partial charge in [-0.05, 0) is 30.3 Å². The van der Waals surface area contributed by atoms with Gasteiger partial charge in [0.15, 0.2) is 0 Å². The highest BCUT2D eigenvalue weighted by Gasteiger charge is 2.08. The molecule has 4 N–H and O–H groups in total. The van der Waals surface area contributed by atoms with E-state index in [2.05, 4.69) is 10.3 Å². The molecule has 6 heteroatoms. The summed E-state index contributed by atoms with van der Waals surface area (Å²) in [6, 6.07) is 7.50. The van der Waals surface area contributed by atoms with Gasteiger partial charge in [0.1, 0.15) is 11.4 Å². The summed E-state index contributed by atoms with van der Waals surface area (Å²) >= 11 is 5.73. The summed E-state index contributed by atoms with van der Waals surface area (Å²) in [7, 11) is 0. The average molecular weight is 264 g/mol. The molecule has 0 saturated carbocycles. The first-order valence-corrected chi connectivity index (χ1v) is 5.45. The van der Waals surface area contributed by atoms with Gasteiger partial charge in [-0.25, -0.2) is 4.98 Å². The molecule has 5 nitrogen and oxygen atoms in total. The van der Waals surface area contributed by atoms with E-state index in [1.54, 1.807) is 6.07 Å². The van der Waals surface area contributed by atoms with E-state index in [9.17, 15) is 9.90 Å². The van der Waals surface area contributed by atoms with Gasteiger partial charge in [-0.3, -0.25) is 4.79 Å². The number of rotatable bonds is 2. The van der Waals surface area contributed by atoms with Gasteiger partial charge in [0.25, 0.3) is 5.91 Å². The molecule has 1 heterocycles. The lowest BCUT2D eigenvalue weighted by Gasteiger charge is -2.06. The normalized spacial score (nSPS) is 10.1. The van der Waals surface area contributed by atoms with Crippen LogP contribution in [-0.4, -0.2) is 16.0 Å². The van der Waals surface area contributed by atoms with E-state index >= 15 is 0 Å². The third kappa shape index (κ3) is 2.70. The average Bonchev–Trinajstić information content (AvgIpc) is 2.34. The van der Waals surface area contributed by atoms with Gasteiger partial charge in [0.2, 0.25) is 0 Å². The molecule has 2 aromatic rings. The largest absolute Gasteiger partial charge is 0.506 e. The van der Waals surface area contributed by atoms with E-state index in [0.717, 1.165) is 0 Å². The number of halogens is 1. The number of benzene rings is 1. The molecule has 1 aromatic carbocycles. The molecule has 0 unspecified atom stereocenters. The number of aromatic hydroxyl groups is 1. The molecular formula is C12H10ClN3O2. The van der Waals surface area contributed by atoms with Crippen molar-refractivity contribution in [3.63, 3.8) is 0 Å². The van der Waals surface area contributed by atoms with Crippen molar-refractivity contribution in [3.8, 4) is 5.75 Å². The van der Waals surface area contributed by atoms with Crippen molar-refractivity contribution >= 4 is 28.9 Å². The van der Waals surface area contributed by atoms with Gasteiger partial charge in [-0.1, -0.05) is 11.6 Å². The lowest BCUT2D eigenvalue weighted by atomic mass is 10.2. The Morgan fingerprint density at radius 1 is 1.33 bits per heavy atom. The summed E-state index contributed by atoms with van der Waals surface area (Å²) in [5, 5.41) is 12.0. The van der Waals surface area contributed by atoms with Crippen LogP contribution in [0, 0.1) is 0 Å². The van der Waals surface area contributed by atoms with Crippen LogP contribution in [0.25, 0.3) is 0 Å². The summed E-state index contributed by atoms with van der Waals surface area (Å²) in [6.45, 7) is 0. The fourth-order valence-corrected chi connectivity index (χ4v) is 1.50. The highest BCUT2D eigenvalue weighted by molar-refractivity contribution is 6.32. The fourth-order valence-electron chi connectivity index (χ4n) is 1.32. The maximum atomic E-state index is 11.8. The Morgan fingerprint density at radius 2 is 2.11 bits per heavy atom. The zero-order valence-electron chi connectivity index (χ0n) is 9.22. The lowest BCUT2D eigenvalue weighted by Crippen LogP contribution is -2.13. The molecule has 0 aliphatic rings. The van der Waals surface area contributed by atoms with Gasteiger partial charge in [0.05, 0.1) is 16.9 Å². The van der Waals surface area contributed by atoms with Crippen molar-refractivity contribution in [2.45, 2.75) is 0 Å². The summed E-state index contributed by atoms with van der Waals surface area (Å²) in [5.74, 6) is -0.419. The number of hydrogen-bond donors (Lipinski definition) is 3. The molecule has 0 aliphatic heterocycles. The highest BCUT2D eigenvalue weighted by Crippen LogP contribution is 2.26. The van der Waals surface area contributed by atoms with Crippen molar-refractivity contribution in [2.24, 2.45) is 0 Å². The Kier molecular flexibility index (Phi) is 3.34. The Balaban J connectivity index is 2.16. The van der Waals surface area contributed by atoms with Crippen LogP contribution in [0.2, 0.25) is 5.02 Å². The molecule has 0 atom stereocenters. The second-order valence-electron chi connectivity index (χ2n) is 3.60. The van der Waals surface area contributed by atoms with Crippen LogP contribution in [0.1, 0.15) is 10.5 Å². The van der Waals surface area contributed by atoms with Gasteiger partial charge >= 0.3 is 0 Å². The predicted octanol–water partition coefficient (Wildman–Crippen LogP) is 2.28. The lowest BCUT2D eigenvalue weighted by molar-refractivity contribution is 0.102. The second-order valence-corrected chi connectivity index (χ2v) is 4.00. The van der Waals surface area contributed by atoms with Crippen LogP contribution >= 0.6 is 11.6 Å². The molecule has 0 spiro atoms. The monoisotopic (exact) mass is 263 g/mol. The van der Waals surface area contributed by atoms with Crippen molar-refractivity contribution in [1.82, 2.24) is 4.98 Å². The van der Waals surface area contributed by atoms with Gasteiger partial charge in [-0.2, -0.15) is 0 Å². The number of nitrogens with two attached hydrogens (primary N) is 1. The number of pyridine rings is 1. The molecule has 0 aliphatic carbocycles. The highest BCUT2D eigenvalue weighted by atomic mass is 35.5. The molecular weight excluding hydrogens is 254 g/mol. The van der Waals surface area contributed by atoms with Gasteiger partial charge in [0, 0.05) is 5.69 Å². The number of carbonyl (C=O) groups is 1. The summed E-state index contributed by atoms with van der Waals surface area (Å²) in [5.41, 5.74) is 6.68. The zero-order valence-corrected chi connectivity index (χ0v) is 9.98. The molecule has 2 rings (SSSR count). The van der Waals surface area contributed by atoms with E-state index in [0.29, 0.717) is 11.4 Å². The summed E-state index contributed by atoms with van der Waals surface area (Å²) in [6.07, 6.45) is 1.40. The minimum absolute atomic E-state index is 0.0414. The number of amides is 1. The number of aromatic nitrogens is 1. The first kappa shape index (κ1) is 12.2. The Bertz CT molecular complexity index is 584. The van der Waals surface area contributed by atoms with E-state index in [1.807, 2.05) is 0 Å². The third-order valence-electron chi connectivity index (χ3n) is 2.22. The fraction of sp³-hybridized carbons (Fsp3) is 0. The van der Waals surface area contributed by atoms with E-state index in [1.165, 1.54) is 30.5 Å². The summed E-state index contributed by atoms with van der Waals surface area (Å²) < 4.78 is 0. The third-order valence-corrected chi connectivity index (χ3v) is 2.53. The van der Waals surface area contributed by atoms with E-state index < -0.39 is 0 Å². The minimum Gasteiger partial charge on any atom is -0.506 e. The molecule has 0 radical (unpaired) electrons. The molecule has 18 heavy (non-hydrogen) atoms. The molecule has 1 amide bonds. The number of hydrogen-bond acceptors (Lipinski definition) is 4. The van der Waals surface area contributed by atoms with Crippen molar-refractivity contribution in [2.75, 3.05) is 11.1 Å². The maximum absolute atomic E-state index is 11.8. The number of anilines is 2. The smallest absolute Gasteiger partial charge is 0.274 e. The van der Waals surface area contributed by atoms with Crippen LogP contribution < -0.4 is 11.1 Å². The molecule has 1 aromatic heterocycles. The van der Waals surface area contributed by atoms with Crippen LogP contribution in [-0.2, 0) is 0 Å². The number of phenolic OH excluding ortho intramolecular Hbond substituents is 1. The number of carbonyl (C=O) groups excluding carboxylic acids is 1. The number of phenols is 1. The minimum atomic E-state index is -0.378. The van der Waals surface area contributed by atoms with E-state index in [4.69, 9.17) is 17.3 Å². The maximum Gasteiger partial charge on any atom is 0.274 e. The molecule has 0 bridgehead atoms. The Morgan fingerprint density at radius 3 is 2.72 bits per heavy atom. The van der Waals surface area contributed by atoms with Gasteiger partial charge < -0.3 is 16.2 Å². The molecule has 0 saturated heterocycles.